The highest BCUT2D eigenvalue weighted by molar-refractivity contribution is 5.50. The first-order valence-electron chi connectivity index (χ1n) is 6.14. The van der Waals surface area contributed by atoms with Crippen molar-refractivity contribution in [3.63, 3.8) is 0 Å². The van der Waals surface area contributed by atoms with E-state index in [0.29, 0.717) is 18.2 Å². The number of aromatic nitrogens is 2. The number of hydrazine groups is 1. The third-order valence-electron chi connectivity index (χ3n) is 2.85. The minimum atomic E-state index is 0.182. The molecule has 0 fully saturated rings. The molecule has 0 aliphatic rings. The molecule has 0 amide bonds. The van der Waals surface area contributed by atoms with E-state index < -0.39 is 0 Å². The van der Waals surface area contributed by atoms with Gasteiger partial charge in [0.25, 0.3) is 0 Å². The van der Waals surface area contributed by atoms with Crippen molar-refractivity contribution in [2.75, 3.05) is 16.5 Å². The summed E-state index contributed by atoms with van der Waals surface area (Å²) in [6.45, 7) is 2.82. The van der Waals surface area contributed by atoms with E-state index in [9.17, 15) is 0 Å². The van der Waals surface area contributed by atoms with E-state index >= 15 is 0 Å². The van der Waals surface area contributed by atoms with Gasteiger partial charge in [0.15, 0.2) is 0 Å². The summed E-state index contributed by atoms with van der Waals surface area (Å²) in [6.07, 6.45) is 0.999. The molecule has 0 radical (unpaired) electrons. The Morgan fingerprint density at radius 1 is 1.11 bits per heavy atom. The van der Waals surface area contributed by atoms with Crippen LogP contribution in [0.4, 0.5) is 17.6 Å². The maximum Gasteiger partial charge on any atom is 0.223 e. The van der Waals surface area contributed by atoms with Crippen molar-refractivity contribution in [3.05, 3.63) is 41.5 Å². The summed E-state index contributed by atoms with van der Waals surface area (Å²) in [5.41, 5.74) is 10.6. The number of hydrogen-bond acceptors (Lipinski definition) is 6. The predicted molar refractivity (Wildman–Crippen MR) is 77.4 cm³/mol. The van der Waals surface area contributed by atoms with Crippen LogP contribution in [-0.2, 0) is 13.0 Å². The van der Waals surface area contributed by atoms with E-state index in [0.717, 1.165) is 6.42 Å². The topological polar surface area (TPSA) is 102 Å². The van der Waals surface area contributed by atoms with Crippen LogP contribution >= 0.6 is 0 Å². The molecule has 0 unspecified atom stereocenters. The smallest absolute Gasteiger partial charge is 0.223 e. The summed E-state index contributed by atoms with van der Waals surface area (Å²) in [6, 6.07) is 10.0. The quantitative estimate of drug-likeness (QED) is 0.479. The maximum atomic E-state index is 5.60. The molecule has 6 N–H and O–H groups in total. The third kappa shape index (κ3) is 3.32. The van der Waals surface area contributed by atoms with Crippen LogP contribution in [0.15, 0.2) is 30.3 Å². The summed E-state index contributed by atoms with van der Waals surface area (Å²) >= 11 is 0. The van der Waals surface area contributed by atoms with Gasteiger partial charge in [0.05, 0.1) is 0 Å². The zero-order valence-corrected chi connectivity index (χ0v) is 10.9. The van der Waals surface area contributed by atoms with Crippen LogP contribution in [0.25, 0.3) is 0 Å². The van der Waals surface area contributed by atoms with Gasteiger partial charge in [0.2, 0.25) is 5.95 Å². The highest BCUT2D eigenvalue weighted by Crippen LogP contribution is 2.15. The number of nitrogens with zero attached hydrogens (tertiary/aromatic N) is 2. The van der Waals surface area contributed by atoms with Crippen LogP contribution in [0.1, 0.15) is 18.1 Å². The lowest BCUT2D eigenvalue weighted by Gasteiger charge is -2.10. The molecule has 0 atom stereocenters. The molecule has 6 nitrogen and oxygen atoms in total. The van der Waals surface area contributed by atoms with Gasteiger partial charge in [-0.1, -0.05) is 31.2 Å². The van der Waals surface area contributed by atoms with Gasteiger partial charge in [-0.25, -0.2) is 5.84 Å². The fourth-order valence-electron chi connectivity index (χ4n) is 1.89. The Balaban J connectivity index is 2.12. The Bertz CT molecular complexity index is 555. The van der Waals surface area contributed by atoms with Gasteiger partial charge < -0.3 is 16.5 Å². The van der Waals surface area contributed by atoms with Crippen molar-refractivity contribution >= 4 is 17.6 Å². The number of nitrogen functional groups attached to an aromatic ring is 2. The maximum absolute atomic E-state index is 5.60. The van der Waals surface area contributed by atoms with Crippen LogP contribution in [-0.4, -0.2) is 9.97 Å². The highest BCUT2D eigenvalue weighted by atomic mass is 15.3. The SMILES string of the molecule is CCc1ccccc1CNc1cc(NN)nc(N)n1. The van der Waals surface area contributed by atoms with Crippen LogP contribution in [0.3, 0.4) is 0 Å². The summed E-state index contributed by atoms with van der Waals surface area (Å²) in [5, 5.41) is 3.22. The molecule has 1 aromatic heterocycles. The molecular formula is C13H18N6. The van der Waals surface area contributed by atoms with Crippen molar-refractivity contribution in [2.45, 2.75) is 19.9 Å². The molecule has 19 heavy (non-hydrogen) atoms. The van der Waals surface area contributed by atoms with Crippen molar-refractivity contribution in [1.29, 1.82) is 0 Å². The summed E-state index contributed by atoms with van der Waals surface area (Å²) in [7, 11) is 0. The van der Waals surface area contributed by atoms with E-state index in [1.54, 1.807) is 6.07 Å². The van der Waals surface area contributed by atoms with Crippen LogP contribution in [0, 0.1) is 0 Å². The lowest BCUT2D eigenvalue weighted by atomic mass is 10.1. The average molecular weight is 258 g/mol. The second kappa shape index (κ2) is 6.01. The molecule has 1 aromatic carbocycles. The lowest BCUT2D eigenvalue weighted by molar-refractivity contribution is 1.03. The Morgan fingerprint density at radius 3 is 2.47 bits per heavy atom. The van der Waals surface area contributed by atoms with E-state index in [4.69, 9.17) is 11.6 Å². The van der Waals surface area contributed by atoms with Gasteiger partial charge in [-0.2, -0.15) is 9.97 Å². The van der Waals surface area contributed by atoms with E-state index in [2.05, 4.69) is 39.8 Å². The Kier molecular flexibility index (Phi) is 4.15. The van der Waals surface area contributed by atoms with Gasteiger partial charge in [0, 0.05) is 12.6 Å². The summed E-state index contributed by atoms with van der Waals surface area (Å²) in [4.78, 5) is 8.04. The monoisotopic (exact) mass is 258 g/mol. The number of benzene rings is 1. The first-order valence-corrected chi connectivity index (χ1v) is 6.14. The average Bonchev–Trinajstić information content (AvgIpc) is 2.44. The van der Waals surface area contributed by atoms with Crippen LogP contribution < -0.4 is 22.3 Å². The molecule has 6 heteroatoms. The molecule has 0 saturated heterocycles. The molecular weight excluding hydrogens is 240 g/mol. The summed E-state index contributed by atoms with van der Waals surface area (Å²) < 4.78 is 0. The Hall–Kier alpha value is -2.34. The first kappa shape index (κ1) is 13.1. The predicted octanol–water partition coefficient (Wildman–Crippen LogP) is 1.52. The standard InChI is InChI=1S/C13H18N6/c1-2-9-5-3-4-6-10(9)8-16-11-7-12(19-15)18-13(14)17-11/h3-7H,2,8,15H2,1H3,(H4,14,16,17,18,19). The number of rotatable bonds is 5. The van der Waals surface area contributed by atoms with E-state index in [1.165, 1.54) is 11.1 Å². The molecule has 0 aliphatic carbocycles. The Labute approximate surface area is 112 Å². The number of hydrogen-bond donors (Lipinski definition) is 4. The highest BCUT2D eigenvalue weighted by Gasteiger charge is 2.03. The van der Waals surface area contributed by atoms with E-state index in [-0.39, 0.29) is 5.95 Å². The zero-order chi connectivity index (χ0) is 13.7. The molecule has 0 bridgehead atoms. The minimum absolute atomic E-state index is 0.182. The fourth-order valence-corrected chi connectivity index (χ4v) is 1.89. The number of nitrogens with one attached hydrogen (secondary N) is 2. The van der Waals surface area contributed by atoms with Gasteiger partial charge in [-0.3, -0.25) is 0 Å². The lowest BCUT2D eigenvalue weighted by Crippen LogP contribution is -2.12. The van der Waals surface area contributed by atoms with Gasteiger partial charge in [-0.15, -0.1) is 0 Å². The zero-order valence-electron chi connectivity index (χ0n) is 10.9. The summed E-state index contributed by atoms with van der Waals surface area (Å²) in [5.74, 6) is 6.63. The molecule has 0 saturated carbocycles. The number of anilines is 3. The number of nitrogens with two attached hydrogens (primary N) is 2. The van der Waals surface area contributed by atoms with Crippen LogP contribution in [0.2, 0.25) is 0 Å². The second-order valence-electron chi connectivity index (χ2n) is 4.12. The largest absolute Gasteiger partial charge is 0.368 e. The van der Waals surface area contributed by atoms with Crippen LogP contribution in [0.5, 0.6) is 0 Å². The molecule has 100 valence electrons. The fraction of sp³-hybridized carbons (Fsp3) is 0.231. The molecule has 2 rings (SSSR count). The van der Waals surface area contributed by atoms with Gasteiger partial charge >= 0.3 is 0 Å². The molecule has 2 aromatic rings. The van der Waals surface area contributed by atoms with Gasteiger partial charge in [0.1, 0.15) is 11.6 Å². The van der Waals surface area contributed by atoms with Crippen molar-refractivity contribution < 1.29 is 0 Å². The second-order valence-corrected chi connectivity index (χ2v) is 4.12. The normalized spacial score (nSPS) is 10.2. The molecule has 0 aliphatic heterocycles. The third-order valence-corrected chi connectivity index (χ3v) is 2.85. The van der Waals surface area contributed by atoms with E-state index in [1.807, 2.05) is 12.1 Å². The Morgan fingerprint density at radius 2 is 1.79 bits per heavy atom. The van der Waals surface area contributed by atoms with Crippen molar-refractivity contribution in [2.24, 2.45) is 5.84 Å². The van der Waals surface area contributed by atoms with Gasteiger partial charge in [-0.05, 0) is 17.5 Å². The van der Waals surface area contributed by atoms with Crippen molar-refractivity contribution in [1.82, 2.24) is 9.97 Å². The first-order chi connectivity index (χ1) is 9.22. The molecule has 0 spiro atoms. The minimum Gasteiger partial charge on any atom is -0.368 e. The van der Waals surface area contributed by atoms with Crippen molar-refractivity contribution in [3.8, 4) is 0 Å². The molecule has 1 heterocycles. The number of aryl methyl sites for hydroxylation is 1.